The molecule has 0 aliphatic carbocycles. The van der Waals surface area contributed by atoms with Gasteiger partial charge in [0.15, 0.2) is 0 Å². The number of anilines is 3. The van der Waals surface area contributed by atoms with Gasteiger partial charge in [-0.05, 0) is 36.4 Å². The van der Waals surface area contributed by atoms with E-state index in [2.05, 4.69) is 32.6 Å². The predicted molar refractivity (Wildman–Crippen MR) is 86.4 cm³/mol. The van der Waals surface area contributed by atoms with E-state index in [9.17, 15) is 10.1 Å². The molecule has 0 unspecified atom stereocenters. The van der Waals surface area contributed by atoms with Gasteiger partial charge in [0.05, 0.1) is 22.5 Å². The largest absolute Gasteiger partial charge is 0.399 e. The lowest BCUT2D eigenvalue weighted by atomic mass is 10.1. The third-order valence-electron chi connectivity index (χ3n) is 2.89. The van der Waals surface area contributed by atoms with Crippen LogP contribution in [0.15, 0.2) is 40.9 Å². The molecule has 0 fully saturated rings. The molecule has 0 aliphatic heterocycles. The molecule has 0 saturated heterocycles. The molecule has 0 saturated carbocycles. The molecule has 2 aromatic carbocycles. The van der Waals surface area contributed by atoms with E-state index in [-0.39, 0.29) is 5.91 Å². The molecule has 4 N–H and O–H groups in total. The Balaban J connectivity index is 2.47. The number of hydrogen-bond donors (Lipinski definition) is 3. The summed E-state index contributed by atoms with van der Waals surface area (Å²) in [6.07, 6.45) is 0. The summed E-state index contributed by atoms with van der Waals surface area (Å²) in [6.45, 7) is 0. The zero-order chi connectivity index (χ0) is 15.4. The van der Waals surface area contributed by atoms with Crippen LogP contribution < -0.4 is 16.4 Å². The maximum atomic E-state index is 11.9. The van der Waals surface area contributed by atoms with Crippen LogP contribution in [-0.4, -0.2) is 13.0 Å². The highest BCUT2D eigenvalue weighted by Crippen LogP contribution is 2.27. The van der Waals surface area contributed by atoms with E-state index in [1.54, 1.807) is 37.4 Å². The van der Waals surface area contributed by atoms with Crippen molar-refractivity contribution < 1.29 is 4.79 Å². The number of nitrogens with zero attached hydrogens (tertiary/aromatic N) is 1. The van der Waals surface area contributed by atoms with Crippen LogP contribution in [0.1, 0.15) is 15.9 Å². The van der Waals surface area contributed by atoms with Crippen LogP contribution in [0, 0.1) is 11.3 Å². The molecular formula is C15H13BrN4O. The zero-order valence-corrected chi connectivity index (χ0v) is 12.9. The fraction of sp³-hybridized carbons (Fsp3) is 0.0667. The summed E-state index contributed by atoms with van der Waals surface area (Å²) >= 11 is 3.32. The van der Waals surface area contributed by atoms with Crippen LogP contribution in [0.4, 0.5) is 17.1 Å². The normalized spacial score (nSPS) is 9.76. The maximum absolute atomic E-state index is 11.9. The molecule has 106 valence electrons. The van der Waals surface area contributed by atoms with Gasteiger partial charge in [-0.3, -0.25) is 4.79 Å². The van der Waals surface area contributed by atoms with Gasteiger partial charge in [0.1, 0.15) is 6.07 Å². The van der Waals surface area contributed by atoms with Crippen LogP contribution in [-0.2, 0) is 0 Å². The van der Waals surface area contributed by atoms with Crippen molar-refractivity contribution in [2.24, 2.45) is 0 Å². The Morgan fingerprint density at radius 2 is 2.00 bits per heavy atom. The lowest BCUT2D eigenvalue weighted by Gasteiger charge is -2.13. The third kappa shape index (κ3) is 3.33. The Kier molecular flexibility index (Phi) is 4.45. The van der Waals surface area contributed by atoms with E-state index in [4.69, 9.17) is 5.73 Å². The number of nitrogens with two attached hydrogens (primary N) is 1. The number of carbonyl (C=O) groups is 1. The van der Waals surface area contributed by atoms with Crippen molar-refractivity contribution in [1.82, 2.24) is 5.32 Å². The maximum Gasteiger partial charge on any atom is 0.253 e. The summed E-state index contributed by atoms with van der Waals surface area (Å²) in [5.74, 6) is -0.229. The smallest absolute Gasteiger partial charge is 0.253 e. The fourth-order valence-electron chi connectivity index (χ4n) is 1.86. The van der Waals surface area contributed by atoms with Crippen molar-refractivity contribution in [3.05, 3.63) is 52.0 Å². The first-order valence-corrected chi connectivity index (χ1v) is 6.92. The SMILES string of the molecule is CNC(=O)c1ccc(N)cc1Nc1ccc(Br)cc1C#N. The first kappa shape index (κ1) is 14.9. The second kappa shape index (κ2) is 6.29. The first-order chi connectivity index (χ1) is 10.0. The van der Waals surface area contributed by atoms with Gasteiger partial charge in [-0.25, -0.2) is 0 Å². The van der Waals surface area contributed by atoms with E-state index < -0.39 is 0 Å². The zero-order valence-electron chi connectivity index (χ0n) is 11.3. The Bertz CT molecular complexity index is 737. The van der Waals surface area contributed by atoms with Crippen molar-refractivity contribution in [1.29, 1.82) is 5.26 Å². The summed E-state index contributed by atoms with van der Waals surface area (Å²) in [6, 6.07) is 12.3. The molecule has 6 heteroatoms. The van der Waals surface area contributed by atoms with Gasteiger partial charge in [-0.15, -0.1) is 0 Å². The van der Waals surface area contributed by atoms with Gasteiger partial charge in [0.25, 0.3) is 5.91 Å². The molecule has 2 aromatic rings. The molecule has 0 radical (unpaired) electrons. The quantitative estimate of drug-likeness (QED) is 0.746. The van der Waals surface area contributed by atoms with E-state index in [0.29, 0.717) is 28.2 Å². The molecule has 0 aliphatic rings. The Morgan fingerprint density at radius 3 is 2.67 bits per heavy atom. The summed E-state index contributed by atoms with van der Waals surface area (Å²) < 4.78 is 0.809. The monoisotopic (exact) mass is 344 g/mol. The number of nitrogen functional groups attached to an aromatic ring is 1. The predicted octanol–water partition coefficient (Wildman–Crippen LogP) is 3.01. The fourth-order valence-corrected chi connectivity index (χ4v) is 2.22. The van der Waals surface area contributed by atoms with Gasteiger partial charge >= 0.3 is 0 Å². The number of rotatable bonds is 3. The van der Waals surface area contributed by atoms with Gasteiger partial charge in [0, 0.05) is 17.2 Å². The topological polar surface area (TPSA) is 90.9 Å². The number of benzene rings is 2. The molecule has 0 heterocycles. The van der Waals surface area contributed by atoms with Crippen molar-refractivity contribution in [2.45, 2.75) is 0 Å². The number of halogens is 1. The van der Waals surface area contributed by atoms with Crippen molar-refractivity contribution >= 4 is 38.9 Å². The molecule has 5 nitrogen and oxygen atoms in total. The molecule has 0 atom stereocenters. The minimum absolute atomic E-state index is 0.229. The number of nitriles is 1. The third-order valence-corrected chi connectivity index (χ3v) is 3.38. The van der Waals surface area contributed by atoms with Crippen molar-refractivity contribution in [3.8, 4) is 6.07 Å². The Morgan fingerprint density at radius 1 is 1.24 bits per heavy atom. The summed E-state index contributed by atoms with van der Waals surface area (Å²) in [5, 5.41) is 14.8. The number of nitrogens with one attached hydrogen (secondary N) is 2. The molecule has 2 rings (SSSR count). The highest BCUT2D eigenvalue weighted by Gasteiger charge is 2.12. The summed E-state index contributed by atoms with van der Waals surface area (Å²) in [5.41, 5.74) is 8.38. The van der Waals surface area contributed by atoms with E-state index in [1.165, 1.54) is 0 Å². The average Bonchev–Trinajstić information content (AvgIpc) is 2.48. The summed E-state index contributed by atoms with van der Waals surface area (Å²) in [4.78, 5) is 11.9. The van der Waals surface area contributed by atoms with E-state index in [0.717, 1.165) is 4.47 Å². The Labute approximate surface area is 130 Å². The highest BCUT2D eigenvalue weighted by molar-refractivity contribution is 9.10. The molecule has 0 spiro atoms. The molecule has 21 heavy (non-hydrogen) atoms. The molecular weight excluding hydrogens is 332 g/mol. The molecule has 0 aromatic heterocycles. The van der Waals surface area contributed by atoms with Gasteiger partial charge < -0.3 is 16.4 Å². The lowest BCUT2D eigenvalue weighted by Crippen LogP contribution is -2.19. The number of amides is 1. The van der Waals surface area contributed by atoms with Gasteiger partial charge in [-0.1, -0.05) is 15.9 Å². The van der Waals surface area contributed by atoms with Crippen LogP contribution in [0.3, 0.4) is 0 Å². The highest BCUT2D eigenvalue weighted by atomic mass is 79.9. The van der Waals surface area contributed by atoms with Crippen molar-refractivity contribution in [2.75, 3.05) is 18.1 Å². The minimum atomic E-state index is -0.229. The molecule has 1 amide bonds. The average molecular weight is 345 g/mol. The second-order valence-electron chi connectivity index (χ2n) is 4.31. The van der Waals surface area contributed by atoms with Gasteiger partial charge in [0.2, 0.25) is 0 Å². The number of carbonyl (C=O) groups excluding carboxylic acids is 1. The first-order valence-electron chi connectivity index (χ1n) is 6.13. The second-order valence-corrected chi connectivity index (χ2v) is 5.23. The standard InChI is InChI=1S/C15H13BrN4O/c1-19-15(21)12-4-3-11(18)7-14(12)20-13-5-2-10(16)6-9(13)8-17/h2-7,20H,18H2,1H3,(H,19,21). The van der Waals surface area contributed by atoms with Crippen LogP contribution in [0.5, 0.6) is 0 Å². The minimum Gasteiger partial charge on any atom is -0.399 e. The van der Waals surface area contributed by atoms with Gasteiger partial charge in [-0.2, -0.15) is 5.26 Å². The van der Waals surface area contributed by atoms with Crippen molar-refractivity contribution in [3.63, 3.8) is 0 Å². The van der Waals surface area contributed by atoms with Crippen LogP contribution in [0.25, 0.3) is 0 Å². The molecule has 0 bridgehead atoms. The number of hydrogen-bond acceptors (Lipinski definition) is 4. The lowest BCUT2D eigenvalue weighted by molar-refractivity contribution is 0.0964. The van der Waals surface area contributed by atoms with Crippen LogP contribution in [0.2, 0.25) is 0 Å². The summed E-state index contributed by atoms with van der Waals surface area (Å²) in [7, 11) is 1.56. The van der Waals surface area contributed by atoms with Crippen LogP contribution >= 0.6 is 15.9 Å². The van der Waals surface area contributed by atoms with E-state index in [1.807, 2.05) is 6.07 Å². The van der Waals surface area contributed by atoms with E-state index >= 15 is 0 Å². The Hall–Kier alpha value is -2.52.